The van der Waals surface area contributed by atoms with Crippen molar-refractivity contribution in [3.05, 3.63) is 42.0 Å². The summed E-state index contributed by atoms with van der Waals surface area (Å²) in [5, 5.41) is 2.89. The van der Waals surface area contributed by atoms with Crippen LogP contribution in [0.4, 0.5) is 17.1 Å². The van der Waals surface area contributed by atoms with Crippen LogP contribution in [0.2, 0.25) is 0 Å². The fraction of sp³-hybridized carbons (Fsp3) is 0.348. The predicted molar refractivity (Wildman–Crippen MR) is 115 cm³/mol. The maximum Gasteiger partial charge on any atom is 0.229 e. The summed E-state index contributed by atoms with van der Waals surface area (Å²) in [5.41, 5.74) is 3.33. The summed E-state index contributed by atoms with van der Waals surface area (Å²) < 4.78 is 11.1. The van der Waals surface area contributed by atoms with E-state index in [0.29, 0.717) is 43.5 Å². The Morgan fingerprint density at radius 2 is 1.87 bits per heavy atom. The molecule has 3 amide bonds. The predicted octanol–water partition coefficient (Wildman–Crippen LogP) is 2.36. The molecule has 31 heavy (non-hydrogen) atoms. The maximum absolute atomic E-state index is 12.8. The van der Waals surface area contributed by atoms with Crippen molar-refractivity contribution in [2.75, 3.05) is 41.4 Å². The Hall–Kier alpha value is -3.55. The quantitative estimate of drug-likeness (QED) is 0.822. The van der Waals surface area contributed by atoms with Crippen molar-refractivity contribution in [2.45, 2.75) is 19.8 Å². The van der Waals surface area contributed by atoms with Crippen molar-refractivity contribution in [3.8, 4) is 11.5 Å². The van der Waals surface area contributed by atoms with Crippen LogP contribution in [-0.2, 0) is 20.8 Å². The van der Waals surface area contributed by atoms with E-state index in [1.807, 2.05) is 18.2 Å². The van der Waals surface area contributed by atoms with Gasteiger partial charge in [-0.15, -0.1) is 0 Å². The van der Waals surface area contributed by atoms with Crippen LogP contribution in [0, 0.1) is 5.92 Å². The van der Waals surface area contributed by atoms with Gasteiger partial charge in [-0.1, -0.05) is 0 Å². The molecule has 1 atom stereocenters. The minimum atomic E-state index is -0.442. The number of amides is 3. The minimum absolute atomic E-state index is 0.0135. The molecule has 3 aliphatic rings. The fourth-order valence-electron chi connectivity index (χ4n) is 4.38. The van der Waals surface area contributed by atoms with E-state index in [2.05, 4.69) is 5.32 Å². The maximum atomic E-state index is 12.8. The Kier molecular flexibility index (Phi) is 4.77. The smallest absolute Gasteiger partial charge is 0.229 e. The number of benzene rings is 2. The average Bonchev–Trinajstić information content (AvgIpc) is 3.37. The van der Waals surface area contributed by atoms with Crippen molar-refractivity contribution in [1.82, 2.24) is 0 Å². The van der Waals surface area contributed by atoms with Crippen molar-refractivity contribution in [3.63, 3.8) is 0 Å². The molecule has 3 heterocycles. The van der Waals surface area contributed by atoms with Crippen LogP contribution in [0.3, 0.4) is 0 Å². The van der Waals surface area contributed by atoms with Crippen LogP contribution in [0.25, 0.3) is 0 Å². The number of nitrogens with zero attached hydrogens (tertiary/aromatic N) is 2. The largest absolute Gasteiger partial charge is 0.486 e. The van der Waals surface area contributed by atoms with Gasteiger partial charge < -0.3 is 24.6 Å². The molecule has 0 aromatic heterocycles. The number of carbonyl (C=O) groups excluding carboxylic acids is 3. The molecule has 8 nitrogen and oxygen atoms in total. The Morgan fingerprint density at radius 3 is 2.68 bits per heavy atom. The van der Waals surface area contributed by atoms with E-state index < -0.39 is 5.92 Å². The molecule has 8 heteroatoms. The highest BCUT2D eigenvalue weighted by Gasteiger charge is 2.36. The molecule has 0 aliphatic carbocycles. The van der Waals surface area contributed by atoms with Gasteiger partial charge in [0, 0.05) is 49.6 Å². The number of anilines is 3. The second kappa shape index (κ2) is 7.61. The van der Waals surface area contributed by atoms with E-state index >= 15 is 0 Å². The van der Waals surface area contributed by atoms with Crippen molar-refractivity contribution < 1.29 is 23.9 Å². The first-order chi connectivity index (χ1) is 15.0. The number of hydrogen-bond acceptors (Lipinski definition) is 5. The van der Waals surface area contributed by atoms with E-state index in [-0.39, 0.29) is 24.1 Å². The number of ether oxygens (including phenoxy) is 2. The lowest BCUT2D eigenvalue weighted by Gasteiger charge is -2.20. The molecule has 0 bridgehead atoms. The molecule has 0 unspecified atom stereocenters. The van der Waals surface area contributed by atoms with Crippen molar-refractivity contribution >= 4 is 34.8 Å². The SMILES string of the molecule is CC(=O)N1CCc2cc(N3C[C@H](C(=O)Nc4ccc5c(c4)OCCO5)CC3=O)ccc21. The molecule has 5 rings (SSSR count). The van der Waals surface area contributed by atoms with Gasteiger partial charge in [0.15, 0.2) is 11.5 Å². The second-order valence-electron chi connectivity index (χ2n) is 7.99. The van der Waals surface area contributed by atoms with Gasteiger partial charge in [0.2, 0.25) is 17.7 Å². The third kappa shape index (κ3) is 3.58. The van der Waals surface area contributed by atoms with Crippen LogP contribution in [0.5, 0.6) is 11.5 Å². The van der Waals surface area contributed by atoms with Gasteiger partial charge in [-0.25, -0.2) is 0 Å². The first-order valence-electron chi connectivity index (χ1n) is 10.4. The van der Waals surface area contributed by atoms with Crippen LogP contribution >= 0.6 is 0 Å². The van der Waals surface area contributed by atoms with E-state index in [4.69, 9.17) is 9.47 Å². The number of nitrogens with one attached hydrogen (secondary N) is 1. The Labute approximate surface area is 179 Å². The monoisotopic (exact) mass is 421 g/mol. The van der Waals surface area contributed by atoms with Crippen molar-refractivity contribution in [1.29, 1.82) is 0 Å². The molecule has 0 saturated carbocycles. The molecular formula is C23H23N3O5. The topological polar surface area (TPSA) is 88.2 Å². The van der Waals surface area contributed by atoms with Crippen LogP contribution < -0.4 is 24.6 Å². The highest BCUT2D eigenvalue weighted by Crippen LogP contribution is 2.35. The standard InChI is InChI=1S/C23H23N3O5/c1-14(27)25-7-6-15-10-18(3-4-19(15)25)26-13-16(11-22(26)28)23(29)24-17-2-5-20-21(12-17)31-9-8-30-20/h2-5,10,12,16H,6-9,11,13H2,1H3,(H,24,29)/t16-/m1/s1. The minimum Gasteiger partial charge on any atom is -0.486 e. The van der Waals surface area contributed by atoms with Gasteiger partial charge in [0.05, 0.1) is 5.92 Å². The third-order valence-corrected chi connectivity index (χ3v) is 5.96. The van der Waals surface area contributed by atoms with E-state index in [1.54, 1.807) is 34.9 Å². The molecule has 2 aromatic rings. The summed E-state index contributed by atoms with van der Waals surface area (Å²) >= 11 is 0. The molecule has 1 N–H and O–H groups in total. The zero-order valence-corrected chi connectivity index (χ0v) is 17.2. The van der Waals surface area contributed by atoms with E-state index in [9.17, 15) is 14.4 Å². The zero-order valence-electron chi connectivity index (χ0n) is 17.2. The van der Waals surface area contributed by atoms with Gasteiger partial charge in [0.1, 0.15) is 13.2 Å². The highest BCUT2D eigenvalue weighted by atomic mass is 16.6. The zero-order chi connectivity index (χ0) is 21.5. The highest BCUT2D eigenvalue weighted by molar-refractivity contribution is 6.04. The van der Waals surface area contributed by atoms with Crippen LogP contribution in [0.15, 0.2) is 36.4 Å². The Balaban J connectivity index is 1.28. The van der Waals surface area contributed by atoms with Crippen LogP contribution in [0.1, 0.15) is 18.9 Å². The summed E-state index contributed by atoms with van der Waals surface area (Å²) in [4.78, 5) is 40.6. The number of fused-ring (bicyclic) bond motifs is 2. The van der Waals surface area contributed by atoms with E-state index in [1.165, 1.54) is 0 Å². The molecule has 1 fully saturated rings. The molecule has 3 aliphatic heterocycles. The molecule has 2 aromatic carbocycles. The van der Waals surface area contributed by atoms with Gasteiger partial charge in [-0.05, 0) is 42.3 Å². The summed E-state index contributed by atoms with van der Waals surface area (Å²) in [6.45, 7) is 3.51. The average molecular weight is 421 g/mol. The summed E-state index contributed by atoms with van der Waals surface area (Å²) in [5.74, 6) is 0.555. The van der Waals surface area contributed by atoms with Gasteiger partial charge >= 0.3 is 0 Å². The lowest BCUT2D eigenvalue weighted by atomic mass is 10.1. The normalized spacial score (nSPS) is 19.4. The number of rotatable bonds is 3. The first-order valence-corrected chi connectivity index (χ1v) is 10.4. The summed E-state index contributed by atoms with van der Waals surface area (Å²) in [6, 6.07) is 11.0. The lowest BCUT2D eigenvalue weighted by molar-refractivity contribution is -0.122. The lowest BCUT2D eigenvalue weighted by Crippen LogP contribution is -2.28. The summed E-state index contributed by atoms with van der Waals surface area (Å²) in [6.07, 6.45) is 0.922. The Morgan fingerprint density at radius 1 is 1.06 bits per heavy atom. The number of hydrogen-bond donors (Lipinski definition) is 1. The van der Waals surface area contributed by atoms with Crippen LogP contribution in [-0.4, -0.2) is 44.0 Å². The van der Waals surface area contributed by atoms with Gasteiger partial charge in [-0.2, -0.15) is 0 Å². The molecule has 0 radical (unpaired) electrons. The molecule has 1 saturated heterocycles. The Bertz CT molecular complexity index is 1080. The fourth-order valence-corrected chi connectivity index (χ4v) is 4.38. The van der Waals surface area contributed by atoms with Crippen molar-refractivity contribution in [2.24, 2.45) is 5.92 Å². The number of carbonyl (C=O) groups is 3. The second-order valence-corrected chi connectivity index (χ2v) is 7.99. The third-order valence-electron chi connectivity index (χ3n) is 5.96. The first kappa shape index (κ1) is 19.4. The molecular weight excluding hydrogens is 398 g/mol. The van der Waals surface area contributed by atoms with Gasteiger partial charge in [-0.3, -0.25) is 14.4 Å². The van der Waals surface area contributed by atoms with Gasteiger partial charge in [0.25, 0.3) is 0 Å². The molecule has 160 valence electrons. The molecule has 0 spiro atoms. The van der Waals surface area contributed by atoms with E-state index in [0.717, 1.165) is 23.4 Å². The summed E-state index contributed by atoms with van der Waals surface area (Å²) in [7, 11) is 0.